The molecule has 0 aliphatic rings. The monoisotopic (exact) mass is 304 g/mol. The Kier molecular flexibility index (Phi) is 5.56. The van der Waals surface area contributed by atoms with Gasteiger partial charge in [-0.25, -0.2) is 0 Å². The van der Waals surface area contributed by atoms with Crippen molar-refractivity contribution in [3.8, 4) is 0 Å². The minimum atomic E-state index is -0.0694. The molecule has 2 rings (SSSR count). The van der Waals surface area contributed by atoms with E-state index in [0.29, 0.717) is 0 Å². The summed E-state index contributed by atoms with van der Waals surface area (Å²) in [5.74, 6) is 0. The van der Waals surface area contributed by atoms with Crippen LogP contribution in [0.1, 0.15) is 41.5 Å². The van der Waals surface area contributed by atoms with Crippen molar-refractivity contribution >= 4 is 23.4 Å². The average molecular weight is 305 g/mol. The molecule has 0 aliphatic carbocycles. The summed E-state index contributed by atoms with van der Waals surface area (Å²) in [4.78, 5) is 1.26. The number of benzene rings is 2. The van der Waals surface area contributed by atoms with E-state index in [0.717, 1.165) is 12.8 Å². The quantitative estimate of drug-likeness (QED) is 0.492. The van der Waals surface area contributed by atoms with Gasteiger partial charge in [-0.15, -0.1) is 23.4 Å². The Morgan fingerprint density at radius 3 is 2.40 bits per heavy atom. The number of rotatable bonds is 5. The van der Waals surface area contributed by atoms with Crippen LogP contribution in [0.15, 0.2) is 47.4 Å². The van der Waals surface area contributed by atoms with Crippen LogP contribution in [0.2, 0.25) is 0 Å². The van der Waals surface area contributed by atoms with Gasteiger partial charge in [0, 0.05) is 4.90 Å². The second kappa shape index (κ2) is 7.19. The molecular weight excluding hydrogens is 284 g/mol. The first-order valence-corrected chi connectivity index (χ1v) is 8.76. The van der Waals surface area contributed by atoms with E-state index in [1.54, 1.807) is 11.8 Å². The molecule has 0 fully saturated rings. The highest BCUT2D eigenvalue weighted by molar-refractivity contribution is 7.98. The van der Waals surface area contributed by atoms with E-state index < -0.39 is 0 Å². The fraction of sp³-hybridized carbons (Fsp3) is 0.333. The van der Waals surface area contributed by atoms with E-state index in [1.165, 1.54) is 27.1 Å². The van der Waals surface area contributed by atoms with E-state index in [9.17, 15) is 0 Å². The minimum absolute atomic E-state index is 0.0694. The molecule has 2 aromatic rings. The average Bonchev–Trinajstić information content (AvgIpc) is 2.53. The normalized spacial score (nSPS) is 12.4. The SMILES string of the molecule is CCc1ccc(CC)c(C(Cl)c2ccccc2SC)c1. The second-order valence-corrected chi connectivity index (χ2v) is 6.13. The summed E-state index contributed by atoms with van der Waals surface area (Å²) in [6, 6.07) is 15.1. The summed E-state index contributed by atoms with van der Waals surface area (Å²) in [6.07, 6.45) is 4.17. The summed E-state index contributed by atoms with van der Waals surface area (Å²) in [5, 5.41) is -0.0694. The standard InChI is InChI=1S/C18H21ClS/c1-4-13-10-11-14(5-2)16(12-13)18(19)15-8-6-7-9-17(15)20-3/h6-12,18H,4-5H2,1-3H3. The van der Waals surface area contributed by atoms with E-state index >= 15 is 0 Å². The Bertz CT molecular complexity index is 577. The third kappa shape index (κ3) is 3.21. The van der Waals surface area contributed by atoms with Gasteiger partial charge in [-0.1, -0.05) is 50.2 Å². The highest BCUT2D eigenvalue weighted by atomic mass is 35.5. The van der Waals surface area contributed by atoms with Gasteiger partial charge in [0.05, 0.1) is 5.38 Å². The first-order valence-electron chi connectivity index (χ1n) is 7.09. The molecule has 2 heteroatoms. The Labute approximate surface area is 131 Å². The highest BCUT2D eigenvalue weighted by Crippen LogP contribution is 2.36. The Morgan fingerprint density at radius 1 is 1.00 bits per heavy atom. The molecule has 0 amide bonds. The van der Waals surface area contributed by atoms with Crippen molar-refractivity contribution in [1.29, 1.82) is 0 Å². The zero-order valence-corrected chi connectivity index (χ0v) is 13.9. The summed E-state index contributed by atoms with van der Waals surface area (Å²) < 4.78 is 0. The Balaban J connectivity index is 2.49. The molecule has 1 atom stereocenters. The summed E-state index contributed by atoms with van der Waals surface area (Å²) in [5.41, 5.74) is 5.17. The van der Waals surface area contributed by atoms with Crippen LogP contribution in [-0.2, 0) is 12.8 Å². The molecule has 0 spiro atoms. The molecule has 0 bridgehead atoms. The minimum Gasteiger partial charge on any atom is -0.129 e. The van der Waals surface area contributed by atoms with Gasteiger partial charge in [-0.3, -0.25) is 0 Å². The number of hydrogen-bond donors (Lipinski definition) is 0. The van der Waals surface area contributed by atoms with Crippen LogP contribution in [0.4, 0.5) is 0 Å². The summed E-state index contributed by atoms with van der Waals surface area (Å²) >= 11 is 8.57. The molecule has 0 nitrogen and oxygen atoms in total. The van der Waals surface area contributed by atoms with E-state index in [4.69, 9.17) is 11.6 Å². The molecule has 0 N–H and O–H groups in total. The molecule has 0 aliphatic heterocycles. The zero-order valence-electron chi connectivity index (χ0n) is 12.3. The molecule has 106 valence electrons. The number of thioether (sulfide) groups is 1. The Morgan fingerprint density at radius 2 is 1.75 bits per heavy atom. The van der Waals surface area contributed by atoms with Crippen LogP contribution >= 0.6 is 23.4 Å². The van der Waals surface area contributed by atoms with Crippen molar-refractivity contribution in [2.45, 2.75) is 37.0 Å². The summed E-state index contributed by atoms with van der Waals surface area (Å²) in [6.45, 7) is 4.37. The fourth-order valence-electron chi connectivity index (χ4n) is 2.47. The van der Waals surface area contributed by atoms with Crippen molar-refractivity contribution in [3.05, 3.63) is 64.7 Å². The molecule has 2 aromatic carbocycles. The predicted molar refractivity (Wildman–Crippen MR) is 91.1 cm³/mol. The summed E-state index contributed by atoms with van der Waals surface area (Å²) in [7, 11) is 0. The van der Waals surface area contributed by atoms with E-state index in [2.05, 4.69) is 62.6 Å². The molecule has 0 saturated heterocycles. The van der Waals surface area contributed by atoms with Gasteiger partial charge in [0.15, 0.2) is 0 Å². The van der Waals surface area contributed by atoms with Gasteiger partial charge >= 0.3 is 0 Å². The molecule has 1 unspecified atom stereocenters. The number of alkyl halides is 1. The highest BCUT2D eigenvalue weighted by Gasteiger charge is 2.17. The van der Waals surface area contributed by atoms with Crippen LogP contribution in [0, 0.1) is 0 Å². The first-order chi connectivity index (χ1) is 9.71. The number of halogens is 1. The Hall–Kier alpha value is -0.920. The van der Waals surface area contributed by atoms with Crippen LogP contribution in [0.3, 0.4) is 0 Å². The van der Waals surface area contributed by atoms with Gasteiger partial charge < -0.3 is 0 Å². The third-order valence-corrected chi connectivity index (χ3v) is 4.97. The van der Waals surface area contributed by atoms with Crippen LogP contribution in [0.25, 0.3) is 0 Å². The lowest BCUT2D eigenvalue weighted by Crippen LogP contribution is -2.01. The van der Waals surface area contributed by atoms with Crippen LogP contribution in [0.5, 0.6) is 0 Å². The zero-order chi connectivity index (χ0) is 14.5. The van der Waals surface area contributed by atoms with Gasteiger partial charge in [0.1, 0.15) is 0 Å². The number of hydrogen-bond acceptors (Lipinski definition) is 1. The van der Waals surface area contributed by atoms with Crippen LogP contribution < -0.4 is 0 Å². The van der Waals surface area contributed by atoms with Crippen LogP contribution in [-0.4, -0.2) is 6.26 Å². The number of aryl methyl sites for hydroxylation is 2. The lowest BCUT2D eigenvalue weighted by Gasteiger charge is -2.18. The van der Waals surface area contributed by atoms with Crippen molar-refractivity contribution in [3.63, 3.8) is 0 Å². The molecule has 0 heterocycles. The second-order valence-electron chi connectivity index (χ2n) is 4.84. The van der Waals surface area contributed by atoms with Gasteiger partial charge in [0.2, 0.25) is 0 Å². The molecular formula is C18H21ClS. The van der Waals surface area contributed by atoms with Crippen molar-refractivity contribution in [1.82, 2.24) is 0 Å². The fourth-order valence-corrected chi connectivity index (χ4v) is 3.56. The van der Waals surface area contributed by atoms with E-state index in [-0.39, 0.29) is 5.38 Å². The molecule has 0 aromatic heterocycles. The van der Waals surface area contributed by atoms with Gasteiger partial charge in [-0.2, -0.15) is 0 Å². The van der Waals surface area contributed by atoms with Crippen molar-refractivity contribution < 1.29 is 0 Å². The largest absolute Gasteiger partial charge is 0.129 e. The maximum atomic E-state index is 6.82. The smallest absolute Gasteiger partial charge is 0.0848 e. The lowest BCUT2D eigenvalue weighted by molar-refractivity contribution is 0.999. The van der Waals surface area contributed by atoms with E-state index in [1.807, 2.05) is 0 Å². The predicted octanol–water partition coefficient (Wildman–Crippen LogP) is 5.86. The maximum absolute atomic E-state index is 6.82. The molecule has 0 saturated carbocycles. The topological polar surface area (TPSA) is 0 Å². The van der Waals surface area contributed by atoms with Crippen molar-refractivity contribution in [2.24, 2.45) is 0 Å². The third-order valence-electron chi connectivity index (χ3n) is 3.68. The van der Waals surface area contributed by atoms with Gasteiger partial charge in [0.25, 0.3) is 0 Å². The van der Waals surface area contributed by atoms with Crippen molar-refractivity contribution in [2.75, 3.05) is 6.26 Å². The molecule has 0 radical (unpaired) electrons. The lowest BCUT2D eigenvalue weighted by atomic mass is 9.95. The first kappa shape index (κ1) is 15.5. The van der Waals surface area contributed by atoms with Gasteiger partial charge in [-0.05, 0) is 47.4 Å². The molecule has 20 heavy (non-hydrogen) atoms. The maximum Gasteiger partial charge on any atom is 0.0848 e.